The summed E-state index contributed by atoms with van der Waals surface area (Å²) in [5.41, 5.74) is 0.802. The molecule has 35 heavy (non-hydrogen) atoms. The van der Waals surface area contributed by atoms with Crippen LogP contribution in [-0.2, 0) is 23.8 Å². The van der Waals surface area contributed by atoms with Crippen LogP contribution in [0.5, 0.6) is 0 Å². The Morgan fingerprint density at radius 1 is 1.26 bits per heavy atom. The first-order valence-electron chi connectivity index (χ1n) is 13.1. The standard InChI is InChI=1S/C28H42O7/c1-17(10-13-25(5)19(3)12-14-26(6)18(2)8-7-9-22(25)26)11-15-27(31)24(30)35-23-21(34-20(4)29)16-33-28(23,27)32/h8,11,19,21-23,31-32H,7,9-10,12-16H2,1-6H3/b17-11+/t19-,21+,22?,23-,25+,26+,27-,28+/m1/s1. The van der Waals surface area contributed by atoms with E-state index in [2.05, 4.69) is 33.8 Å². The molecule has 4 aliphatic rings. The van der Waals surface area contributed by atoms with Gasteiger partial charge in [0.05, 0.1) is 6.61 Å². The van der Waals surface area contributed by atoms with Gasteiger partial charge in [-0.25, -0.2) is 4.79 Å². The molecular weight excluding hydrogens is 448 g/mol. The third kappa shape index (κ3) is 4.08. The number of allylic oxidation sites excluding steroid dienone is 3. The van der Waals surface area contributed by atoms with E-state index >= 15 is 0 Å². The molecule has 0 aromatic carbocycles. The summed E-state index contributed by atoms with van der Waals surface area (Å²) in [5, 5.41) is 22.2. The number of esters is 2. The molecule has 0 amide bonds. The van der Waals surface area contributed by atoms with Crippen LogP contribution in [0.25, 0.3) is 0 Å². The van der Waals surface area contributed by atoms with Gasteiger partial charge in [0.15, 0.2) is 12.2 Å². The van der Waals surface area contributed by atoms with Gasteiger partial charge in [0.1, 0.15) is 0 Å². The first-order chi connectivity index (χ1) is 16.3. The Morgan fingerprint density at radius 3 is 2.66 bits per heavy atom. The maximum atomic E-state index is 12.6. The highest BCUT2D eigenvalue weighted by Gasteiger charge is 2.73. The first-order valence-corrected chi connectivity index (χ1v) is 13.1. The summed E-state index contributed by atoms with van der Waals surface area (Å²) >= 11 is 0. The van der Waals surface area contributed by atoms with Gasteiger partial charge in [-0.15, -0.1) is 0 Å². The summed E-state index contributed by atoms with van der Waals surface area (Å²) in [6.45, 7) is 12.7. The van der Waals surface area contributed by atoms with Crippen molar-refractivity contribution in [2.45, 2.75) is 110 Å². The first kappa shape index (κ1) is 26.4. The van der Waals surface area contributed by atoms with Crippen LogP contribution >= 0.6 is 0 Å². The lowest BCUT2D eigenvalue weighted by molar-refractivity contribution is -0.261. The van der Waals surface area contributed by atoms with Crippen LogP contribution in [0.15, 0.2) is 23.3 Å². The van der Waals surface area contributed by atoms with E-state index in [1.54, 1.807) is 0 Å². The fourth-order valence-corrected chi connectivity index (χ4v) is 7.26. The predicted octanol–water partition coefficient (Wildman–Crippen LogP) is 4.21. The maximum absolute atomic E-state index is 12.6. The molecule has 1 saturated carbocycles. The highest BCUT2D eigenvalue weighted by Crippen LogP contribution is 2.62. The van der Waals surface area contributed by atoms with Crippen molar-refractivity contribution < 1.29 is 34.0 Å². The Labute approximate surface area is 208 Å². The number of hydrogen-bond acceptors (Lipinski definition) is 7. The van der Waals surface area contributed by atoms with Crippen LogP contribution < -0.4 is 0 Å². The molecular formula is C28H42O7. The molecule has 3 fully saturated rings. The largest absolute Gasteiger partial charge is 0.456 e. The maximum Gasteiger partial charge on any atom is 0.345 e. The number of rotatable bonds is 6. The van der Waals surface area contributed by atoms with E-state index in [0.29, 0.717) is 11.8 Å². The van der Waals surface area contributed by atoms with E-state index in [9.17, 15) is 19.8 Å². The molecule has 2 aliphatic heterocycles. The van der Waals surface area contributed by atoms with Gasteiger partial charge in [-0.2, -0.15) is 0 Å². The van der Waals surface area contributed by atoms with E-state index in [1.165, 1.54) is 31.8 Å². The molecule has 4 rings (SSSR count). The lowest BCUT2D eigenvalue weighted by atomic mass is 9.47. The molecule has 8 atom stereocenters. The summed E-state index contributed by atoms with van der Waals surface area (Å²) in [5.74, 6) is -2.52. The van der Waals surface area contributed by atoms with Crippen LogP contribution in [0.1, 0.15) is 86.5 Å². The lowest BCUT2D eigenvalue weighted by Crippen LogP contribution is -2.57. The average molecular weight is 491 g/mol. The number of aliphatic hydroxyl groups is 2. The van der Waals surface area contributed by atoms with Crippen LogP contribution in [0.4, 0.5) is 0 Å². The van der Waals surface area contributed by atoms with Crippen LogP contribution in [0.3, 0.4) is 0 Å². The highest BCUT2D eigenvalue weighted by molar-refractivity contribution is 5.84. The minimum atomic E-state index is -2.25. The van der Waals surface area contributed by atoms with Gasteiger partial charge in [0, 0.05) is 13.3 Å². The third-order valence-electron chi connectivity index (χ3n) is 10.1. The fourth-order valence-electron chi connectivity index (χ4n) is 7.26. The summed E-state index contributed by atoms with van der Waals surface area (Å²) in [7, 11) is 0. The van der Waals surface area contributed by atoms with Crippen molar-refractivity contribution in [2.24, 2.45) is 22.7 Å². The van der Waals surface area contributed by atoms with Crippen molar-refractivity contribution in [3.05, 3.63) is 23.3 Å². The Kier molecular flexibility index (Phi) is 6.78. The van der Waals surface area contributed by atoms with Crippen LogP contribution in [0, 0.1) is 22.7 Å². The summed E-state index contributed by atoms with van der Waals surface area (Å²) in [6, 6.07) is 0. The highest BCUT2D eigenvalue weighted by atomic mass is 16.7. The van der Waals surface area contributed by atoms with Gasteiger partial charge in [-0.05, 0) is 75.0 Å². The normalized spacial score (nSPS) is 45.4. The second-order valence-electron chi connectivity index (χ2n) is 12.0. The van der Waals surface area contributed by atoms with E-state index in [0.717, 1.165) is 24.8 Å². The van der Waals surface area contributed by atoms with E-state index in [4.69, 9.17) is 14.2 Å². The quantitative estimate of drug-likeness (QED) is 0.425. The van der Waals surface area contributed by atoms with Crippen molar-refractivity contribution >= 4 is 11.9 Å². The third-order valence-corrected chi connectivity index (χ3v) is 10.1. The number of fused-ring (bicyclic) bond motifs is 2. The van der Waals surface area contributed by atoms with Crippen molar-refractivity contribution in [2.75, 3.05) is 6.61 Å². The zero-order valence-corrected chi connectivity index (χ0v) is 22.1. The smallest absolute Gasteiger partial charge is 0.345 e. The molecule has 2 aliphatic carbocycles. The van der Waals surface area contributed by atoms with Gasteiger partial charge in [-0.1, -0.05) is 44.1 Å². The molecule has 0 spiro atoms. The molecule has 1 unspecified atom stereocenters. The van der Waals surface area contributed by atoms with Crippen molar-refractivity contribution in [3.8, 4) is 0 Å². The monoisotopic (exact) mass is 490 g/mol. The topological polar surface area (TPSA) is 102 Å². The fraction of sp³-hybridized carbons (Fsp3) is 0.786. The van der Waals surface area contributed by atoms with Gasteiger partial charge >= 0.3 is 11.9 Å². The number of carbonyl (C=O) groups is 2. The minimum Gasteiger partial charge on any atom is -0.456 e. The van der Waals surface area contributed by atoms with E-state index in [1.807, 2.05) is 13.0 Å². The second-order valence-corrected chi connectivity index (χ2v) is 12.0. The SMILES string of the molecule is CC(=O)O[C@H]1CO[C@@]2(O)[C@@H]1OC(=O)[C@]2(O)C/C=C(\C)CC[C@]1(C)C2CCC=C(C)[C@]2(C)CC[C@H]1C. The lowest BCUT2D eigenvalue weighted by Gasteiger charge is -2.58. The van der Waals surface area contributed by atoms with Crippen molar-refractivity contribution in [1.29, 1.82) is 0 Å². The molecule has 0 bridgehead atoms. The molecule has 2 N–H and O–H groups in total. The Morgan fingerprint density at radius 2 is 1.97 bits per heavy atom. The minimum absolute atomic E-state index is 0.132. The van der Waals surface area contributed by atoms with Gasteiger partial charge in [-0.3, -0.25) is 4.79 Å². The van der Waals surface area contributed by atoms with Crippen molar-refractivity contribution in [3.63, 3.8) is 0 Å². The van der Waals surface area contributed by atoms with E-state index < -0.39 is 35.5 Å². The Bertz CT molecular complexity index is 940. The molecule has 0 radical (unpaired) electrons. The number of carbonyl (C=O) groups excluding carboxylic acids is 2. The molecule has 0 aromatic rings. The molecule has 7 heteroatoms. The van der Waals surface area contributed by atoms with E-state index in [-0.39, 0.29) is 23.9 Å². The molecule has 2 saturated heterocycles. The second kappa shape index (κ2) is 9.00. The zero-order chi connectivity index (χ0) is 25.8. The molecule has 7 nitrogen and oxygen atoms in total. The number of ether oxygens (including phenoxy) is 3. The zero-order valence-electron chi connectivity index (χ0n) is 22.1. The van der Waals surface area contributed by atoms with Crippen LogP contribution in [-0.4, -0.2) is 52.4 Å². The Balaban J connectivity index is 1.46. The summed E-state index contributed by atoms with van der Waals surface area (Å²) in [6.07, 6.45) is 8.62. The molecule has 0 aromatic heterocycles. The molecule has 2 heterocycles. The Hall–Kier alpha value is -1.70. The summed E-state index contributed by atoms with van der Waals surface area (Å²) < 4.78 is 15.8. The average Bonchev–Trinajstić information content (AvgIpc) is 3.20. The predicted molar refractivity (Wildman–Crippen MR) is 130 cm³/mol. The van der Waals surface area contributed by atoms with Gasteiger partial charge in [0.2, 0.25) is 11.4 Å². The summed E-state index contributed by atoms with van der Waals surface area (Å²) in [4.78, 5) is 23.9. The van der Waals surface area contributed by atoms with Crippen molar-refractivity contribution in [1.82, 2.24) is 0 Å². The van der Waals surface area contributed by atoms with Gasteiger partial charge in [0.25, 0.3) is 0 Å². The van der Waals surface area contributed by atoms with Crippen LogP contribution in [0.2, 0.25) is 0 Å². The van der Waals surface area contributed by atoms with Gasteiger partial charge < -0.3 is 24.4 Å². The number of hydrogen-bond donors (Lipinski definition) is 2. The molecule has 196 valence electrons.